The van der Waals surface area contributed by atoms with Gasteiger partial charge in [0.05, 0.1) is 0 Å². The van der Waals surface area contributed by atoms with Crippen LogP contribution in [-0.2, 0) is 4.74 Å². The number of hydrogen-bond acceptors (Lipinski definition) is 3. The first-order chi connectivity index (χ1) is 8.33. The van der Waals surface area contributed by atoms with Gasteiger partial charge in [-0.15, -0.1) is 0 Å². The van der Waals surface area contributed by atoms with Crippen LogP contribution in [0.1, 0.15) is 51.9 Å². The highest BCUT2D eigenvalue weighted by atomic mass is 16.5. The van der Waals surface area contributed by atoms with E-state index in [1.807, 2.05) is 0 Å². The number of nitrogens with one attached hydrogen (secondary N) is 1. The fourth-order valence-electron chi connectivity index (χ4n) is 2.59. The van der Waals surface area contributed by atoms with Gasteiger partial charge in [-0.1, -0.05) is 26.2 Å². The number of ether oxygens (including phenoxy) is 1. The molecule has 0 radical (unpaired) electrons. The molecule has 0 heterocycles. The molecule has 1 aliphatic carbocycles. The van der Waals surface area contributed by atoms with Crippen LogP contribution in [0.5, 0.6) is 0 Å². The zero-order chi connectivity index (χ0) is 12.4. The highest BCUT2D eigenvalue weighted by Gasteiger charge is 2.30. The minimum Gasteiger partial charge on any atom is -0.396 e. The molecule has 3 heteroatoms. The van der Waals surface area contributed by atoms with Crippen molar-refractivity contribution in [2.45, 2.75) is 51.9 Å². The SMILES string of the molecule is CCCOCCCNCC1(CO)CCCCC1. The summed E-state index contributed by atoms with van der Waals surface area (Å²) in [6, 6.07) is 0. The quantitative estimate of drug-likeness (QED) is 0.611. The summed E-state index contributed by atoms with van der Waals surface area (Å²) in [5.74, 6) is 0. The van der Waals surface area contributed by atoms with Crippen LogP contribution in [0.4, 0.5) is 0 Å². The zero-order valence-electron chi connectivity index (χ0n) is 11.3. The lowest BCUT2D eigenvalue weighted by atomic mass is 9.74. The van der Waals surface area contributed by atoms with Gasteiger partial charge in [-0.05, 0) is 32.2 Å². The zero-order valence-corrected chi connectivity index (χ0v) is 11.3. The second-order valence-corrected chi connectivity index (χ2v) is 5.36. The van der Waals surface area contributed by atoms with Gasteiger partial charge in [0.25, 0.3) is 0 Å². The first-order valence-electron chi connectivity index (χ1n) is 7.22. The highest BCUT2D eigenvalue weighted by Crippen LogP contribution is 2.35. The van der Waals surface area contributed by atoms with Crippen molar-refractivity contribution in [1.29, 1.82) is 0 Å². The van der Waals surface area contributed by atoms with Crippen molar-refractivity contribution < 1.29 is 9.84 Å². The van der Waals surface area contributed by atoms with E-state index in [0.717, 1.165) is 39.1 Å². The van der Waals surface area contributed by atoms with E-state index in [1.165, 1.54) is 32.1 Å². The fraction of sp³-hybridized carbons (Fsp3) is 1.00. The molecule has 3 nitrogen and oxygen atoms in total. The summed E-state index contributed by atoms with van der Waals surface area (Å²) in [5, 5.41) is 13.0. The van der Waals surface area contributed by atoms with Crippen LogP contribution < -0.4 is 5.32 Å². The van der Waals surface area contributed by atoms with Crippen LogP contribution in [0.15, 0.2) is 0 Å². The van der Waals surface area contributed by atoms with Crippen molar-refractivity contribution >= 4 is 0 Å². The third-order valence-corrected chi connectivity index (χ3v) is 3.74. The molecule has 2 N–H and O–H groups in total. The van der Waals surface area contributed by atoms with Crippen molar-refractivity contribution in [2.75, 3.05) is 32.9 Å². The summed E-state index contributed by atoms with van der Waals surface area (Å²) in [6.45, 7) is 6.18. The molecule has 102 valence electrons. The fourth-order valence-corrected chi connectivity index (χ4v) is 2.59. The van der Waals surface area contributed by atoms with Gasteiger partial charge in [-0.2, -0.15) is 0 Å². The molecule has 0 bridgehead atoms. The summed E-state index contributed by atoms with van der Waals surface area (Å²) in [5.41, 5.74) is 0.169. The van der Waals surface area contributed by atoms with Crippen molar-refractivity contribution in [3.05, 3.63) is 0 Å². The van der Waals surface area contributed by atoms with Gasteiger partial charge in [0.2, 0.25) is 0 Å². The van der Waals surface area contributed by atoms with E-state index < -0.39 is 0 Å². The van der Waals surface area contributed by atoms with E-state index in [2.05, 4.69) is 12.2 Å². The smallest absolute Gasteiger partial charge is 0.0499 e. The Hall–Kier alpha value is -0.120. The van der Waals surface area contributed by atoms with Crippen molar-refractivity contribution in [2.24, 2.45) is 5.41 Å². The molecular weight excluding hydrogens is 214 g/mol. The third-order valence-electron chi connectivity index (χ3n) is 3.74. The maximum absolute atomic E-state index is 9.55. The van der Waals surface area contributed by atoms with Gasteiger partial charge in [-0.25, -0.2) is 0 Å². The average molecular weight is 243 g/mol. The van der Waals surface area contributed by atoms with Crippen LogP contribution in [0.2, 0.25) is 0 Å². The predicted molar refractivity (Wildman–Crippen MR) is 71.2 cm³/mol. The van der Waals surface area contributed by atoms with Crippen molar-refractivity contribution in [3.63, 3.8) is 0 Å². The van der Waals surface area contributed by atoms with Gasteiger partial charge in [-0.3, -0.25) is 0 Å². The highest BCUT2D eigenvalue weighted by molar-refractivity contribution is 4.84. The molecule has 0 spiro atoms. The van der Waals surface area contributed by atoms with E-state index in [9.17, 15) is 5.11 Å². The van der Waals surface area contributed by atoms with Crippen LogP contribution in [0.25, 0.3) is 0 Å². The molecule has 1 fully saturated rings. The van der Waals surface area contributed by atoms with E-state index in [-0.39, 0.29) is 5.41 Å². The molecule has 17 heavy (non-hydrogen) atoms. The molecule has 1 rings (SSSR count). The second kappa shape index (κ2) is 8.90. The van der Waals surface area contributed by atoms with E-state index in [4.69, 9.17) is 4.74 Å². The second-order valence-electron chi connectivity index (χ2n) is 5.36. The van der Waals surface area contributed by atoms with Gasteiger partial charge >= 0.3 is 0 Å². The predicted octanol–water partition coefficient (Wildman–Crippen LogP) is 2.34. The average Bonchev–Trinajstić information content (AvgIpc) is 2.39. The van der Waals surface area contributed by atoms with Crippen LogP contribution >= 0.6 is 0 Å². The first kappa shape index (κ1) is 14.9. The van der Waals surface area contributed by atoms with Gasteiger partial charge < -0.3 is 15.2 Å². The maximum atomic E-state index is 9.55. The lowest BCUT2D eigenvalue weighted by Crippen LogP contribution is -2.39. The Labute approximate surface area is 106 Å². The topological polar surface area (TPSA) is 41.5 Å². The molecule has 0 unspecified atom stereocenters. The van der Waals surface area contributed by atoms with Gasteiger partial charge in [0.15, 0.2) is 0 Å². The number of hydrogen-bond donors (Lipinski definition) is 2. The van der Waals surface area contributed by atoms with Gasteiger partial charge in [0.1, 0.15) is 0 Å². The van der Waals surface area contributed by atoms with Crippen LogP contribution in [0, 0.1) is 5.41 Å². The largest absolute Gasteiger partial charge is 0.396 e. The number of rotatable bonds is 9. The molecule has 0 aromatic heterocycles. The summed E-state index contributed by atoms with van der Waals surface area (Å²) in [6.07, 6.45) is 8.44. The van der Waals surface area contributed by atoms with E-state index in [0.29, 0.717) is 6.61 Å². The normalized spacial score (nSPS) is 19.4. The van der Waals surface area contributed by atoms with E-state index >= 15 is 0 Å². The van der Waals surface area contributed by atoms with Crippen molar-refractivity contribution in [3.8, 4) is 0 Å². The maximum Gasteiger partial charge on any atom is 0.0499 e. The Morgan fingerprint density at radius 2 is 1.94 bits per heavy atom. The Morgan fingerprint density at radius 1 is 1.18 bits per heavy atom. The Kier molecular flexibility index (Phi) is 7.82. The Morgan fingerprint density at radius 3 is 2.59 bits per heavy atom. The van der Waals surface area contributed by atoms with Gasteiger partial charge in [0, 0.05) is 31.8 Å². The Bertz CT molecular complexity index is 179. The summed E-state index contributed by atoms with van der Waals surface area (Å²) in [7, 11) is 0. The molecule has 1 saturated carbocycles. The van der Waals surface area contributed by atoms with Crippen molar-refractivity contribution in [1.82, 2.24) is 5.32 Å². The monoisotopic (exact) mass is 243 g/mol. The van der Waals surface area contributed by atoms with Crippen LogP contribution in [-0.4, -0.2) is 38.0 Å². The molecule has 0 aromatic carbocycles. The molecule has 1 aliphatic rings. The standard InChI is InChI=1S/C14H29NO2/c1-2-10-17-11-6-9-15-12-14(13-16)7-4-3-5-8-14/h15-16H,2-13H2,1H3. The number of aliphatic hydroxyl groups is 1. The minimum atomic E-state index is 0.169. The molecule has 0 amide bonds. The molecule has 0 atom stereocenters. The van der Waals surface area contributed by atoms with E-state index in [1.54, 1.807) is 0 Å². The first-order valence-corrected chi connectivity index (χ1v) is 7.22. The lowest BCUT2D eigenvalue weighted by molar-refractivity contribution is 0.0798. The minimum absolute atomic E-state index is 0.169. The van der Waals surface area contributed by atoms with Crippen LogP contribution in [0.3, 0.4) is 0 Å². The number of aliphatic hydroxyl groups excluding tert-OH is 1. The molecule has 0 aliphatic heterocycles. The summed E-state index contributed by atoms with van der Waals surface area (Å²) in [4.78, 5) is 0. The molecule has 0 aromatic rings. The summed E-state index contributed by atoms with van der Waals surface area (Å²) >= 11 is 0. The Balaban J connectivity index is 2.03. The lowest BCUT2D eigenvalue weighted by Gasteiger charge is -2.35. The third kappa shape index (κ3) is 5.84. The summed E-state index contributed by atoms with van der Waals surface area (Å²) < 4.78 is 5.44. The molecule has 0 saturated heterocycles. The molecular formula is C14H29NO2.